The number of amides is 4. The molecule has 1 heterocycles. The van der Waals surface area contributed by atoms with Gasteiger partial charge in [0.15, 0.2) is 0 Å². The Balaban J connectivity index is 1.77. The van der Waals surface area contributed by atoms with Crippen molar-refractivity contribution in [3.8, 4) is 11.1 Å². The molecule has 10 heteroatoms. The van der Waals surface area contributed by atoms with Gasteiger partial charge in [0, 0.05) is 34.0 Å². The van der Waals surface area contributed by atoms with Crippen LogP contribution < -0.4 is 27.0 Å². The number of urea groups is 1. The monoisotopic (exact) mass is 561 g/mol. The van der Waals surface area contributed by atoms with E-state index in [1.54, 1.807) is 51.1 Å². The van der Waals surface area contributed by atoms with Crippen LogP contribution >= 0.6 is 11.8 Å². The second kappa shape index (κ2) is 11.7. The normalized spacial score (nSPS) is 16.6. The summed E-state index contributed by atoms with van der Waals surface area (Å²) in [7, 11) is 0. The molecule has 0 saturated heterocycles. The van der Waals surface area contributed by atoms with Gasteiger partial charge < -0.3 is 27.2 Å². The third-order valence-electron chi connectivity index (χ3n) is 7.54. The van der Waals surface area contributed by atoms with Crippen LogP contribution in [0.4, 0.5) is 21.9 Å². The highest BCUT2D eigenvalue weighted by Gasteiger charge is 2.56. The highest BCUT2D eigenvalue weighted by molar-refractivity contribution is 7.99. The number of thioether (sulfide) groups is 1. The van der Waals surface area contributed by atoms with Crippen molar-refractivity contribution in [2.24, 2.45) is 17.1 Å². The lowest BCUT2D eigenvalue weighted by Gasteiger charge is -2.46. The highest BCUT2D eigenvalue weighted by Crippen LogP contribution is 2.45. The summed E-state index contributed by atoms with van der Waals surface area (Å²) in [5.74, 6) is -1.56. The Morgan fingerprint density at radius 1 is 1.05 bits per heavy atom. The number of nitrogen functional groups attached to an aromatic ring is 1. The first kappa shape index (κ1) is 29.1. The molecule has 0 saturated carbocycles. The zero-order chi connectivity index (χ0) is 29.1. The topological polar surface area (TPSA) is 151 Å². The molecule has 0 spiro atoms. The summed E-state index contributed by atoms with van der Waals surface area (Å²) in [4.78, 5) is 43.5. The van der Waals surface area contributed by atoms with Crippen molar-refractivity contribution in [1.29, 1.82) is 0 Å². The lowest BCUT2D eigenvalue weighted by Crippen LogP contribution is -2.65. The lowest BCUT2D eigenvalue weighted by molar-refractivity contribution is -0.139. The smallest absolute Gasteiger partial charge is 0.328 e. The first-order chi connectivity index (χ1) is 19.0. The molecule has 0 aromatic heterocycles. The number of carbonyl (C=O) groups is 3. The zero-order valence-electron chi connectivity index (χ0n) is 22.8. The fourth-order valence-corrected chi connectivity index (χ4v) is 6.10. The van der Waals surface area contributed by atoms with Gasteiger partial charge in [0.25, 0.3) is 0 Å². The molecule has 7 N–H and O–H groups in total. The van der Waals surface area contributed by atoms with Crippen LogP contribution in [0.2, 0.25) is 0 Å². The summed E-state index contributed by atoms with van der Waals surface area (Å²) in [6.07, 6.45) is 0. The maximum absolute atomic E-state index is 14.6. The highest BCUT2D eigenvalue weighted by atomic mass is 32.2. The molecule has 40 heavy (non-hydrogen) atoms. The zero-order valence-corrected chi connectivity index (χ0v) is 23.6. The SMILES string of the molecule is CC(C)(N)C(C)(C(=O)N(C(=O)NCCO)c1ccc(-c2ccccc2N)cc1)[C@@H]1CSc2ccccc2NC1=O. The van der Waals surface area contributed by atoms with Crippen molar-refractivity contribution >= 4 is 46.7 Å². The molecule has 2 atom stereocenters. The number of aliphatic hydroxyl groups excluding tert-OH is 1. The van der Waals surface area contributed by atoms with E-state index in [2.05, 4.69) is 10.6 Å². The lowest BCUT2D eigenvalue weighted by atomic mass is 9.64. The predicted octanol–water partition coefficient (Wildman–Crippen LogP) is 4.07. The Hall–Kier alpha value is -3.86. The number of nitrogens with zero attached hydrogens (tertiary/aromatic N) is 1. The fourth-order valence-electron chi connectivity index (χ4n) is 4.82. The molecule has 9 nitrogen and oxygen atoms in total. The minimum Gasteiger partial charge on any atom is -0.398 e. The number of fused-ring (bicyclic) bond motifs is 1. The largest absolute Gasteiger partial charge is 0.398 e. The van der Waals surface area contributed by atoms with Crippen molar-refractivity contribution < 1.29 is 19.5 Å². The van der Waals surface area contributed by atoms with Crippen LogP contribution in [0, 0.1) is 11.3 Å². The van der Waals surface area contributed by atoms with E-state index < -0.39 is 28.8 Å². The van der Waals surface area contributed by atoms with Crippen LogP contribution in [0.15, 0.2) is 77.7 Å². The van der Waals surface area contributed by atoms with Crippen LogP contribution in [0.1, 0.15) is 20.8 Å². The van der Waals surface area contributed by atoms with Crippen molar-refractivity contribution in [1.82, 2.24) is 5.32 Å². The Bertz CT molecular complexity index is 1410. The second-order valence-electron chi connectivity index (χ2n) is 10.5. The van der Waals surface area contributed by atoms with Crippen molar-refractivity contribution in [2.45, 2.75) is 31.2 Å². The Morgan fingerprint density at radius 3 is 2.35 bits per heavy atom. The molecule has 4 amide bonds. The number of aliphatic hydroxyl groups is 1. The number of nitrogens with one attached hydrogen (secondary N) is 2. The van der Waals surface area contributed by atoms with Gasteiger partial charge in [-0.2, -0.15) is 0 Å². The molecule has 1 aliphatic heterocycles. The van der Waals surface area contributed by atoms with E-state index in [-0.39, 0.29) is 24.8 Å². The number of anilines is 3. The standard InChI is InChI=1S/C30H35N5O4S/c1-29(2,32)30(3,22-18-40-25-11-7-6-10-24(25)34-26(22)37)27(38)35(28(39)33-16-17-36)20-14-12-19(13-15-20)21-8-4-5-9-23(21)31/h4-15,22,36H,16-18,31-32H2,1-3H3,(H,33,39)(H,34,37)/t22-,30?/m1/s1. The number of benzene rings is 3. The summed E-state index contributed by atoms with van der Waals surface area (Å²) in [6, 6.07) is 21.0. The van der Waals surface area contributed by atoms with E-state index in [9.17, 15) is 19.5 Å². The third kappa shape index (κ3) is 5.56. The van der Waals surface area contributed by atoms with Gasteiger partial charge in [-0.15, -0.1) is 11.8 Å². The minimum atomic E-state index is -1.51. The average molecular weight is 562 g/mol. The van der Waals surface area contributed by atoms with Gasteiger partial charge in [-0.25, -0.2) is 9.69 Å². The fraction of sp³-hybridized carbons (Fsp3) is 0.300. The molecule has 0 fully saturated rings. The Labute approximate surface area is 238 Å². The predicted molar refractivity (Wildman–Crippen MR) is 160 cm³/mol. The van der Waals surface area contributed by atoms with Crippen LogP contribution in [-0.4, -0.2) is 47.4 Å². The molecular formula is C30H35N5O4S. The van der Waals surface area contributed by atoms with Gasteiger partial charge >= 0.3 is 6.03 Å². The second-order valence-corrected chi connectivity index (χ2v) is 11.6. The molecule has 0 aliphatic carbocycles. The van der Waals surface area contributed by atoms with E-state index in [0.717, 1.165) is 20.9 Å². The van der Waals surface area contributed by atoms with E-state index in [1.807, 2.05) is 42.5 Å². The third-order valence-corrected chi connectivity index (χ3v) is 8.71. The van der Waals surface area contributed by atoms with E-state index in [0.29, 0.717) is 17.1 Å². The molecule has 1 aliphatic rings. The minimum absolute atomic E-state index is 0.0565. The molecule has 3 aromatic rings. The quantitative estimate of drug-likeness (QED) is 0.273. The summed E-state index contributed by atoms with van der Waals surface area (Å²) in [5, 5.41) is 14.9. The number of rotatable bonds is 7. The summed E-state index contributed by atoms with van der Waals surface area (Å²) < 4.78 is 0. The van der Waals surface area contributed by atoms with Gasteiger partial charge in [-0.1, -0.05) is 42.5 Å². The van der Waals surface area contributed by atoms with Crippen LogP contribution in [0.5, 0.6) is 0 Å². The maximum atomic E-state index is 14.6. The van der Waals surface area contributed by atoms with Gasteiger partial charge in [0.2, 0.25) is 11.8 Å². The Morgan fingerprint density at radius 2 is 1.70 bits per heavy atom. The van der Waals surface area contributed by atoms with Crippen molar-refractivity contribution in [3.63, 3.8) is 0 Å². The van der Waals surface area contributed by atoms with Crippen LogP contribution in [0.3, 0.4) is 0 Å². The van der Waals surface area contributed by atoms with Gasteiger partial charge in [0.05, 0.1) is 29.3 Å². The molecular weight excluding hydrogens is 526 g/mol. The maximum Gasteiger partial charge on any atom is 0.328 e. The number of para-hydroxylation sites is 2. The summed E-state index contributed by atoms with van der Waals surface area (Å²) >= 11 is 1.46. The first-order valence-electron chi connectivity index (χ1n) is 13.0. The molecule has 210 valence electrons. The average Bonchev–Trinajstić information content (AvgIpc) is 3.10. The molecule has 4 rings (SSSR count). The number of nitrogens with two attached hydrogens (primary N) is 2. The summed E-state index contributed by atoms with van der Waals surface area (Å²) in [6.45, 7) is 4.65. The van der Waals surface area contributed by atoms with E-state index >= 15 is 0 Å². The number of hydrogen-bond acceptors (Lipinski definition) is 7. The van der Waals surface area contributed by atoms with Crippen molar-refractivity contribution in [2.75, 3.05) is 34.9 Å². The summed E-state index contributed by atoms with van der Waals surface area (Å²) in [5.41, 5.74) is 13.3. The molecule has 3 aromatic carbocycles. The van der Waals surface area contributed by atoms with E-state index in [1.165, 1.54) is 11.8 Å². The van der Waals surface area contributed by atoms with Crippen molar-refractivity contribution in [3.05, 3.63) is 72.8 Å². The van der Waals surface area contributed by atoms with Gasteiger partial charge in [0.1, 0.15) is 0 Å². The molecule has 0 radical (unpaired) electrons. The van der Waals surface area contributed by atoms with Crippen LogP contribution in [0.25, 0.3) is 11.1 Å². The Kier molecular flexibility index (Phi) is 8.53. The van der Waals surface area contributed by atoms with Crippen LogP contribution in [-0.2, 0) is 9.59 Å². The molecule has 1 unspecified atom stereocenters. The number of carbonyl (C=O) groups excluding carboxylic acids is 3. The van der Waals surface area contributed by atoms with Gasteiger partial charge in [-0.3, -0.25) is 9.59 Å². The van der Waals surface area contributed by atoms with Gasteiger partial charge in [-0.05, 0) is 56.7 Å². The first-order valence-corrected chi connectivity index (χ1v) is 14.0. The number of hydrogen-bond donors (Lipinski definition) is 5. The molecule has 0 bridgehead atoms. The van der Waals surface area contributed by atoms with E-state index in [4.69, 9.17) is 11.5 Å². The number of imide groups is 1.